The number of phenols is 1. The lowest BCUT2D eigenvalue weighted by Gasteiger charge is -2.35. The van der Waals surface area contributed by atoms with Crippen LogP contribution in [0.5, 0.6) is 5.75 Å². The molecule has 252 valence electrons. The Hall–Kier alpha value is -5.00. The van der Waals surface area contributed by atoms with Gasteiger partial charge in [0.05, 0.1) is 11.1 Å². The molecule has 1 aliphatic carbocycles. The molecule has 10 nitrogen and oxygen atoms in total. The molecular weight excluding hydrogens is 634 g/mol. The number of phenolic OH excluding ortho intramolecular Hbond substituents is 1. The molecule has 0 radical (unpaired) electrons. The second-order valence-corrected chi connectivity index (χ2v) is 12.3. The van der Waals surface area contributed by atoms with Gasteiger partial charge < -0.3 is 24.8 Å². The maximum atomic E-state index is 12.0. The van der Waals surface area contributed by atoms with Crippen molar-refractivity contribution in [2.45, 2.75) is 57.3 Å². The molecule has 3 N–H and O–H groups in total. The van der Waals surface area contributed by atoms with E-state index in [0.717, 1.165) is 32.4 Å². The van der Waals surface area contributed by atoms with E-state index >= 15 is 0 Å². The molecule has 3 atom stereocenters. The van der Waals surface area contributed by atoms with Crippen molar-refractivity contribution in [3.8, 4) is 5.75 Å². The first-order valence-corrected chi connectivity index (χ1v) is 16.6. The predicted molar refractivity (Wildman–Crippen MR) is 180 cm³/mol. The van der Waals surface area contributed by atoms with Crippen molar-refractivity contribution in [1.82, 2.24) is 4.90 Å². The van der Waals surface area contributed by atoms with Gasteiger partial charge in [0.15, 0.2) is 0 Å². The van der Waals surface area contributed by atoms with Crippen LogP contribution in [0, 0.1) is 0 Å². The van der Waals surface area contributed by atoms with Crippen molar-refractivity contribution in [2.24, 2.45) is 0 Å². The minimum Gasteiger partial charge on any atom is -0.508 e. The number of thiophene rings is 1. The highest BCUT2D eigenvalue weighted by Gasteiger charge is 2.41. The molecule has 0 saturated heterocycles. The Kier molecular flexibility index (Phi) is 13.3. The zero-order valence-corrected chi connectivity index (χ0v) is 27.4. The van der Waals surface area contributed by atoms with Gasteiger partial charge in [0.2, 0.25) is 12.2 Å². The van der Waals surface area contributed by atoms with Crippen LogP contribution in [0.4, 0.5) is 0 Å². The van der Waals surface area contributed by atoms with Crippen LogP contribution in [0.25, 0.3) is 0 Å². The average Bonchev–Trinajstić information content (AvgIpc) is 3.63. The number of aliphatic carboxylic acids is 2. The summed E-state index contributed by atoms with van der Waals surface area (Å²) in [5.41, 5.74) is 2.57. The van der Waals surface area contributed by atoms with Crippen LogP contribution in [0.1, 0.15) is 56.5 Å². The molecule has 1 aromatic heterocycles. The molecule has 0 fully saturated rings. The second kappa shape index (κ2) is 17.8. The fraction of sp³-hybridized carbons (Fsp3) is 0.297. The van der Waals surface area contributed by atoms with Gasteiger partial charge in [-0.3, -0.25) is 4.90 Å². The Bertz CT molecular complexity index is 1570. The molecular formula is C37H39NO9S. The molecule has 3 aromatic carbocycles. The quantitative estimate of drug-likeness (QED) is 0.147. The molecule has 0 saturated carbocycles. The summed E-state index contributed by atoms with van der Waals surface area (Å²) in [7, 11) is 0. The van der Waals surface area contributed by atoms with Crippen LogP contribution in [-0.4, -0.2) is 75.4 Å². The van der Waals surface area contributed by atoms with Gasteiger partial charge in [-0.2, -0.15) is 0 Å². The Morgan fingerprint density at radius 3 is 1.88 bits per heavy atom. The van der Waals surface area contributed by atoms with Crippen LogP contribution in [0.3, 0.4) is 0 Å². The monoisotopic (exact) mass is 673 g/mol. The van der Waals surface area contributed by atoms with E-state index in [1.54, 1.807) is 12.1 Å². The lowest BCUT2D eigenvalue weighted by Crippen LogP contribution is -2.45. The van der Waals surface area contributed by atoms with Crippen LogP contribution < -0.4 is 0 Å². The summed E-state index contributed by atoms with van der Waals surface area (Å²) in [6.07, 6.45) is 1.19. The fourth-order valence-electron chi connectivity index (χ4n) is 5.53. The standard InChI is InChI=1S/C19H25NOS.C18H14O8/c1-2-11-20(12-10-17-6-4-13-22-17)16-9-8-15-5-3-7-19(21)18(15)14-16;19-15(20)13(25-17(23)11-7-3-1-4-8-11)14(16(21)22)26-18(24)12-9-5-2-6-10-12/h3-7,13,16,21H,2,8-12,14H2,1H3;1-10,13-14H,(H,19,20)(H,21,22)/t16-;13-,14-/m11/s1. The third-order valence-electron chi connectivity index (χ3n) is 7.94. The van der Waals surface area contributed by atoms with Gasteiger partial charge in [-0.25, -0.2) is 19.2 Å². The van der Waals surface area contributed by atoms with Crippen molar-refractivity contribution >= 4 is 35.2 Å². The number of hydrogen-bond donors (Lipinski definition) is 3. The summed E-state index contributed by atoms with van der Waals surface area (Å²) in [5.74, 6) is -5.15. The minimum atomic E-state index is -2.21. The molecule has 0 bridgehead atoms. The topological polar surface area (TPSA) is 151 Å². The molecule has 5 rings (SSSR count). The average molecular weight is 674 g/mol. The van der Waals surface area contributed by atoms with Crippen molar-refractivity contribution in [3.63, 3.8) is 0 Å². The second-order valence-electron chi connectivity index (χ2n) is 11.2. The summed E-state index contributed by atoms with van der Waals surface area (Å²) in [6, 6.07) is 25.7. The van der Waals surface area contributed by atoms with Gasteiger partial charge in [-0.1, -0.05) is 61.5 Å². The van der Waals surface area contributed by atoms with E-state index in [4.69, 9.17) is 9.47 Å². The number of nitrogens with zero attached hydrogens (tertiary/aromatic N) is 1. The van der Waals surface area contributed by atoms with Crippen molar-refractivity contribution in [2.75, 3.05) is 13.1 Å². The maximum absolute atomic E-state index is 12.0. The van der Waals surface area contributed by atoms with Gasteiger partial charge >= 0.3 is 23.9 Å². The Labute approximate surface area is 283 Å². The van der Waals surface area contributed by atoms with E-state index in [2.05, 4.69) is 35.4 Å². The molecule has 0 amide bonds. The number of carboxylic acid groups (broad SMARTS) is 2. The number of fused-ring (bicyclic) bond motifs is 1. The number of ether oxygens (including phenoxy) is 2. The number of rotatable bonds is 13. The number of carbonyl (C=O) groups excluding carboxylic acids is 2. The maximum Gasteiger partial charge on any atom is 0.349 e. The van der Waals surface area contributed by atoms with Crippen molar-refractivity contribution < 1.29 is 44.0 Å². The van der Waals surface area contributed by atoms with Crippen LogP contribution in [0.2, 0.25) is 0 Å². The summed E-state index contributed by atoms with van der Waals surface area (Å²) >= 11 is 1.85. The van der Waals surface area contributed by atoms with E-state index in [1.165, 1.54) is 77.4 Å². The van der Waals surface area contributed by atoms with E-state index in [9.17, 15) is 34.5 Å². The normalized spacial score (nSPS) is 14.8. The highest BCUT2D eigenvalue weighted by Crippen LogP contribution is 2.31. The molecule has 48 heavy (non-hydrogen) atoms. The summed E-state index contributed by atoms with van der Waals surface area (Å²) in [4.78, 5) is 50.9. The largest absolute Gasteiger partial charge is 0.508 e. The molecule has 0 aliphatic heterocycles. The zero-order valence-electron chi connectivity index (χ0n) is 26.6. The van der Waals surface area contributed by atoms with E-state index in [-0.39, 0.29) is 11.1 Å². The number of carbonyl (C=O) groups is 4. The Balaban J connectivity index is 0.000000219. The molecule has 4 aromatic rings. The molecule has 1 aliphatic rings. The Morgan fingerprint density at radius 2 is 1.38 bits per heavy atom. The zero-order chi connectivity index (χ0) is 34.5. The lowest BCUT2D eigenvalue weighted by atomic mass is 9.86. The van der Waals surface area contributed by atoms with Crippen molar-refractivity contribution in [1.29, 1.82) is 0 Å². The number of benzene rings is 3. The third kappa shape index (κ3) is 10.00. The fourth-order valence-corrected chi connectivity index (χ4v) is 6.23. The lowest BCUT2D eigenvalue weighted by molar-refractivity contribution is -0.166. The summed E-state index contributed by atoms with van der Waals surface area (Å²) in [5, 5.41) is 30.8. The van der Waals surface area contributed by atoms with Crippen LogP contribution >= 0.6 is 11.3 Å². The van der Waals surface area contributed by atoms with Crippen LogP contribution in [-0.2, 0) is 38.3 Å². The Morgan fingerprint density at radius 1 is 0.792 bits per heavy atom. The summed E-state index contributed by atoms with van der Waals surface area (Å²) < 4.78 is 9.52. The third-order valence-corrected chi connectivity index (χ3v) is 8.87. The van der Waals surface area contributed by atoms with E-state index in [0.29, 0.717) is 11.8 Å². The number of aryl methyl sites for hydroxylation is 1. The predicted octanol–water partition coefficient (Wildman–Crippen LogP) is 5.87. The molecule has 1 heterocycles. The molecule has 0 unspecified atom stereocenters. The first-order valence-electron chi connectivity index (χ1n) is 15.7. The minimum absolute atomic E-state index is 0.0253. The van der Waals surface area contributed by atoms with Gasteiger partial charge in [0.1, 0.15) is 5.75 Å². The van der Waals surface area contributed by atoms with E-state index in [1.807, 2.05) is 23.5 Å². The number of aromatic hydroxyl groups is 1. The van der Waals surface area contributed by atoms with Gasteiger partial charge in [0, 0.05) is 17.5 Å². The SMILES string of the molecule is CCCN(CCc1cccs1)[C@@H]1CCc2cccc(O)c2C1.O=C(O[C@@H](C(=O)O)[C@@H](OC(=O)c1ccccc1)C(=O)O)c1ccccc1. The van der Waals surface area contributed by atoms with Gasteiger partial charge in [-0.15, -0.1) is 11.3 Å². The highest BCUT2D eigenvalue weighted by molar-refractivity contribution is 7.09. The first kappa shape index (κ1) is 35.8. The first-order chi connectivity index (χ1) is 23.2. The van der Waals surface area contributed by atoms with Gasteiger partial charge in [0.25, 0.3) is 0 Å². The van der Waals surface area contributed by atoms with Crippen molar-refractivity contribution in [3.05, 3.63) is 124 Å². The summed E-state index contributed by atoms with van der Waals surface area (Å²) in [6.45, 7) is 4.54. The number of carboxylic acids is 2. The molecule has 11 heteroatoms. The molecule has 0 spiro atoms. The smallest absolute Gasteiger partial charge is 0.349 e. The number of hydrogen-bond acceptors (Lipinski definition) is 9. The van der Waals surface area contributed by atoms with E-state index < -0.39 is 36.1 Å². The van der Waals surface area contributed by atoms with Gasteiger partial charge in [-0.05, 0) is 91.6 Å². The van der Waals surface area contributed by atoms with Crippen LogP contribution in [0.15, 0.2) is 96.4 Å². The highest BCUT2D eigenvalue weighted by atomic mass is 32.1. The number of esters is 2.